The summed E-state index contributed by atoms with van der Waals surface area (Å²) < 4.78 is 0. The van der Waals surface area contributed by atoms with Crippen LogP contribution in [0.3, 0.4) is 0 Å². The molecule has 2 heterocycles. The molecule has 0 aromatic carbocycles. The van der Waals surface area contributed by atoms with Gasteiger partial charge >= 0.3 is 0 Å². The SMILES string of the molecule is Cc1nc(CC2CC2)sc1C(=O)Nc1cn[nH]n1. The number of rotatable bonds is 4. The normalized spacial score (nSPS) is 14.7. The van der Waals surface area contributed by atoms with Crippen LogP contribution in [0.15, 0.2) is 6.20 Å². The Bertz CT molecular complexity index is 558. The number of nitrogens with one attached hydrogen (secondary N) is 2. The lowest BCUT2D eigenvalue weighted by Crippen LogP contribution is -2.11. The summed E-state index contributed by atoms with van der Waals surface area (Å²) in [5, 5.41) is 13.6. The average molecular weight is 263 g/mol. The average Bonchev–Trinajstić information content (AvgIpc) is 2.85. The predicted octanol–water partition coefficient (Wildman–Crippen LogP) is 1.77. The van der Waals surface area contributed by atoms with Gasteiger partial charge in [-0.15, -0.1) is 16.4 Å². The number of hydrogen-bond acceptors (Lipinski definition) is 5. The van der Waals surface area contributed by atoms with Crippen molar-refractivity contribution >= 4 is 23.1 Å². The number of aryl methyl sites for hydroxylation is 1. The Morgan fingerprint density at radius 3 is 3.11 bits per heavy atom. The lowest BCUT2D eigenvalue weighted by Gasteiger charge is -1.97. The highest BCUT2D eigenvalue weighted by atomic mass is 32.1. The Morgan fingerprint density at radius 2 is 2.44 bits per heavy atom. The maximum Gasteiger partial charge on any atom is 0.268 e. The molecule has 2 aromatic rings. The fraction of sp³-hybridized carbons (Fsp3) is 0.455. The van der Waals surface area contributed by atoms with Gasteiger partial charge in [-0.05, 0) is 25.7 Å². The number of nitrogens with zero attached hydrogens (tertiary/aromatic N) is 3. The number of thiazole rings is 1. The van der Waals surface area contributed by atoms with Crippen LogP contribution in [-0.2, 0) is 6.42 Å². The molecule has 1 aliphatic carbocycles. The summed E-state index contributed by atoms with van der Waals surface area (Å²) in [5.41, 5.74) is 0.789. The van der Waals surface area contributed by atoms with E-state index in [1.54, 1.807) is 0 Å². The summed E-state index contributed by atoms with van der Waals surface area (Å²) >= 11 is 1.48. The van der Waals surface area contributed by atoms with Crippen LogP contribution >= 0.6 is 11.3 Å². The van der Waals surface area contributed by atoms with Gasteiger partial charge < -0.3 is 5.32 Å². The number of H-pyrrole nitrogens is 1. The molecule has 7 heteroatoms. The van der Waals surface area contributed by atoms with E-state index in [0.29, 0.717) is 10.7 Å². The molecule has 2 N–H and O–H groups in total. The van der Waals surface area contributed by atoms with Gasteiger partial charge in [-0.1, -0.05) is 0 Å². The monoisotopic (exact) mass is 263 g/mol. The summed E-state index contributed by atoms with van der Waals surface area (Å²) in [6.07, 6.45) is 5.06. The highest BCUT2D eigenvalue weighted by Gasteiger charge is 2.24. The second-order valence-corrected chi connectivity index (χ2v) is 5.56. The van der Waals surface area contributed by atoms with Gasteiger partial charge in [-0.3, -0.25) is 4.79 Å². The van der Waals surface area contributed by atoms with Crippen molar-refractivity contribution in [2.45, 2.75) is 26.2 Å². The lowest BCUT2D eigenvalue weighted by atomic mass is 10.3. The highest BCUT2D eigenvalue weighted by molar-refractivity contribution is 7.13. The van der Waals surface area contributed by atoms with E-state index in [1.807, 2.05) is 6.92 Å². The maximum atomic E-state index is 12.0. The van der Waals surface area contributed by atoms with Crippen molar-refractivity contribution in [3.63, 3.8) is 0 Å². The summed E-state index contributed by atoms with van der Waals surface area (Å²) in [7, 11) is 0. The van der Waals surface area contributed by atoms with Crippen LogP contribution in [0.5, 0.6) is 0 Å². The van der Waals surface area contributed by atoms with Crippen LogP contribution in [0.2, 0.25) is 0 Å². The molecule has 94 valence electrons. The fourth-order valence-corrected chi connectivity index (χ4v) is 2.83. The zero-order valence-corrected chi connectivity index (χ0v) is 10.8. The second-order valence-electron chi connectivity index (χ2n) is 4.48. The molecule has 1 amide bonds. The molecule has 2 aromatic heterocycles. The first-order chi connectivity index (χ1) is 8.72. The smallest absolute Gasteiger partial charge is 0.268 e. The number of amides is 1. The molecule has 18 heavy (non-hydrogen) atoms. The third-order valence-corrected chi connectivity index (χ3v) is 4.04. The van der Waals surface area contributed by atoms with Crippen LogP contribution in [0.1, 0.15) is 33.2 Å². The Labute approximate surface area is 108 Å². The zero-order chi connectivity index (χ0) is 12.5. The van der Waals surface area contributed by atoms with Crippen molar-refractivity contribution < 1.29 is 4.79 Å². The topological polar surface area (TPSA) is 83.6 Å². The van der Waals surface area contributed by atoms with Crippen LogP contribution in [0.4, 0.5) is 5.82 Å². The molecule has 0 saturated heterocycles. The van der Waals surface area contributed by atoms with Crippen LogP contribution in [0, 0.1) is 12.8 Å². The quantitative estimate of drug-likeness (QED) is 0.880. The van der Waals surface area contributed by atoms with Gasteiger partial charge in [0.1, 0.15) is 4.88 Å². The largest absolute Gasteiger partial charge is 0.303 e. The van der Waals surface area contributed by atoms with E-state index in [1.165, 1.54) is 30.4 Å². The van der Waals surface area contributed by atoms with Crippen molar-refractivity contribution in [1.29, 1.82) is 0 Å². The van der Waals surface area contributed by atoms with Gasteiger partial charge in [0.15, 0.2) is 5.82 Å². The number of aromatic amines is 1. The van der Waals surface area contributed by atoms with Gasteiger partial charge in [-0.2, -0.15) is 10.3 Å². The lowest BCUT2D eigenvalue weighted by molar-refractivity contribution is 0.102. The van der Waals surface area contributed by atoms with Gasteiger partial charge in [0.2, 0.25) is 0 Å². The van der Waals surface area contributed by atoms with Crippen LogP contribution in [0.25, 0.3) is 0 Å². The maximum absolute atomic E-state index is 12.0. The number of hydrogen-bond donors (Lipinski definition) is 2. The number of anilines is 1. The second kappa shape index (κ2) is 4.49. The molecule has 0 radical (unpaired) electrons. The summed E-state index contributed by atoms with van der Waals surface area (Å²) in [4.78, 5) is 17.1. The van der Waals surface area contributed by atoms with E-state index in [9.17, 15) is 4.79 Å². The molecule has 3 rings (SSSR count). The van der Waals surface area contributed by atoms with E-state index in [0.717, 1.165) is 23.0 Å². The third-order valence-electron chi connectivity index (χ3n) is 2.86. The zero-order valence-electron chi connectivity index (χ0n) is 9.93. The molecule has 6 nitrogen and oxygen atoms in total. The van der Waals surface area contributed by atoms with E-state index in [-0.39, 0.29) is 5.91 Å². The number of carbonyl (C=O) groups excluding carboxylic acids is 1. The number of carbonyl (C=O) groups is 1. The van der Waals surface area contributed by atoms with Crippen molar-refractivity contribution in [1.82, 2.24) is 20.4 Å². The minimum Gasteiger partial charge on any atom is -0.303 e. The predicted molar refractivity (Wildman–Crippen MR) is 67.6 cm³/mol. The van der Waals surface area contributed by atoms with Gasteiger partial charge in [0.25, 0.3) is 5.91 Å². The Balaban J connectivity index is 1.73. The fourth-order valence-electron chi connectivity index (χ4n) is 1.75. The summed E-state index contributed by atoms with van der Waals surface area (Å²) in [6, 6.07) is 0. The van der Waals surface area contributed by atoms with Crippen LogP contribution in [-0.4, -0.2) is 26.3 Å². The van der Waals surface area contributed by atoms with E-state index in [4.69, 9.17) is 0 Å². The van der Waals surface area contributed by atoms with Crippen molar-refractivity contribution in [3.05, 3.63) is 21.8 Å². The minimum absolute atomic E-state index is 0.166. The Morgan fingerprint density at radius 1 is 1.61 bits per heavy atom. The standard InChI is InChI=1S/C11H13N5OS/c1-6-10(11(17)14-8-5-12-16-15-8)18-9(13-6)4-7-2-3-7/h5,7H,2-4H2,1H3,(H2,12,14,15,16,17). The Kier molecular flexibility index (Phi) is 2.83. The van der Waals surface area contributed by atoms with Gasteiger partial charge in [0.05, 0.1) is 16.9 Å². The number of aromatic nitrogens is 4. The molecule has 0 atom stereocenters. The Hall–Kier alpha value is -1.76. The minimum atomic E-state index is -0.166. The molecule has 0 bridgehead atoms. The van der Waals surface area contributed by atoms with E-state index >= 15 is 0 Å². The van der Waals surface area contributed by atoms with Gasteiger partial charge in [0, 0.05) is 6.42 Å². The van der Waals surface area contributed by atoms with Crippen molar-refractivity contribution in [2.75, 3.05) is 5.32 Å². The third kappa shape index (κ3) is 2.40. The molecule has 0 unspecified atom stereocenters. The van der Waals surface area contributed by atoms with Crippen LogP contribution < -0.4 is 5.32 Å². The highest BCUT2D eigenvalue weighted by Crippen LogP contribution is 2.34. The molecular formula is C11H13N5OS. The molecular weight excluding hydrogens is 250 g/mol. The van der Waals surface area contributed by atoms with E-state index < -0.39 is 0 Å². The molecule has 1 saturated carbocycles. The first-order valence-corrected chi connectivity index (χ1v) is 6.67. The molecule has 1 aliphatic rings. The van der Waals surface area contributed by atoms with Crippen molar-refractivity contribution in [3.8, 4) is 0 Å². The van der Waals surface area contributed by atoms with Gasteiger partial charge in [-0.25, -0.2) is 4.98 Å². The van der Waals surface area contributed by atoms with E-state index in [2.05, 4.69) is 25.7 Å². The molecule has 0 spiro atoms. The first-order valence-electron chi connectivity index (χ1n) is 5.86. The molecule has 1 fully saturated rings. The molecule has 0 aliphatic heterocycles. The van der Waals surface area contributed by atoms with Crippen molar-refractivity contribution in [2.24, 2.45) is 5.92 Å². The summed E-state index contributed by atoms with van der Waals surface area (Å²) in [5.74, 6) is 1.04. The summed E-state index contributed by atoms with van der Waals surface area (Å²) in [6.45, 7) is 1.87. The first kappa shape index (κ1) is 11.3.